The highest BCUT2D eigenvalue weighted by atomic mass is 16.5. The smallest absolute Gasteiger partial charge is 0.229 e. The molecule has 1 aliphatic carbocycles. The van der Waals surface area contributed by atoms with E-state index in [0.29, 0.717) is 37.1 Å². The van der Waals surface area contributed by atoms with Crippen molar-refractivity contribution >= 4 is 11.8 Å². The Morgan fingerprint density at radius 1 is 1.32 bits per heavy atom. The van der Waals surface area contributed by atoms with Gasteiger partial charge in [0.1, 0.15) is 0 Å². The lowest BCUT2D eigenvalue weighted by Crippen LogP contribution is -2.37. The average Bonchev–Trinajstić information content (AvgIpc) is 3.00. The number of rotatable bonds is 5. The number of hydrogen-bond donors (Lipinski definition) is 0. The van der Waals surface area contributed by atoms with Crippen LogP contribution in [-0.4, -0.2) is 51.4 Å². The molecule has 136 valence electrons. The maximum atomic E-state index is 13.0. The summed E-state index contributed by atoms with van der Waals surface area (Å²) in [6, 6.07) is -0.115. The molecule has 7 heteroatoms. The number of amides is 2. The van der Waals surface area contributed by atoms with Crippen LogP contribution in [0.3, 0.4) is 0 Å². The molecule has 7 nitrogen and oxygen atoms in total. The number of carbonyl (C=O) groups excluding carboxylic acids is 2. The molecule has 2 atom stereocenters. The first-order valence-corrected chi connectivity index (χ1v) is 9.44. The van der Waals surface area contributed by atoms with E-state index in [1.54, 1.807) is 0 Å². The Morgan fingerprint density at radius 2 is 2.12 bits per heavy atom. The van der Waals surface area contributed by atoms with E-state index in [9.17, 15) is 9.59 Å². The third kappa shape index (κ3) is 3.28. The molecule has 0 N–H and O–H groups in total. The van der Waals surface area contributed by atoms with Crippen molar-refractivity contribution in [1.82, 2.24) is 19.9 Å². The van der Waals surface area contributed by atoms with Crippen molar-refractivity contribution in [2.75, 3.05) is 19.6 Å². The van der Waals surface area contributed by atoms with Gasteiger partial charge in [-0.05, 0) is 31.6 Å². The van der Waals surface area contributed by atoms with Crippen LogP contribution in [0.1, 0.15) is 69.6 Å². The fourth-order valence-corrected chi connectivity index (χ4v) is 3.88. The van der Waals surface area contributed by atoms with Crippen molar-refractivity contribution in [2.45, 2.75) is 57.9 Å². The van der Waals surface area contributed by atoms with Crippen LogP contribution in [0.5, 0.6) is 0 Å². The lowest BCUT2D eigenvalue weighted by atomic mass is 10.1. The van der Waals surface area contributed by atoms with E-state index in [2.05, 4.69) is 10.1 Å². The molecule has 2 amide bonds. The molecule has 3 aliphatic rings. The molecule has 3 fully saturated rings. The van der Waals surface area contributed by atoms with Crippen molar-refractivity contribution in [3.8, 4) is 0 Å². The van der Waals surface area contributed by atoms with Gasteiger partial charge < -0.3 is 14.3 Å². The summed E-state index contributed by atoms with van der Waals surface area (Å²) in [6.07, 6.45) is 4.57. The van der Waals surface area contributed by atoms with Crippen LogP contribution < -0.4 is 0 Å². The highest BCUT2D eigenvalue weighted by Crippen LogP contribution is 2.35. The zero-order chi connectivity index (χ0) is 17.6. The Bertz CT molecular complexity index is 667. The van der Waals surface area contributed by atoms with E-state index in [4.69, 9.17) is 4.52 Å². The van der Waals surface area contributed by atoms with Crippen LogP contribution in [-0.2, 0) is 9.59 Å². The molecular formula is C18H26N4O3. The van der Waals surface area contributed by atoms with Gasteiger partial charge in [0.15, 0.2) is 5.82 Å². The van der Waals surface area contributed by atoms with Gasteiger partial charge in [-0.2, -0.15) is 4.98 Å². The molecule has 0 bridgehead atoms. The maximum Gasteiger partial charge on any atom is 0.229 e. The first kappa shape index (κ1) is 16.5. The first-order chi connectivity index (χ1) is 12.0. The summed E-state index contributed by atoms with van der Waals surface area (Å²) in [5, 5.41) is 4.10. The van der Waals surface area contributed by atoms with Gasteiger partial charge in [0.25, 0.3) is 0 Å². The third-order valence-electron chi connectivity index (χ3n) is 5.52. The monoisotopic (exact) mass is 346 g/mol. The van der Waals surface area contributed by atoms with Crippen LogP contribution in [0.15, 0.2) is 4.52 Å². The molecule has 0 aromatic carbocycles. The van der Waals surface area contributed by atoms with Crippen molar-refractivity contribution in [2.24, 2.45) is 11.8 Å². The van der Waals surface area contributed by atoms with Gasteiger partial charge in [-0.15, -0.1) is 0 Å². The van der Waals surface area contributed by atoms with Gasteiger partial charge in [-0.1, -0.05) is 19.0 Å². The lowest BCUT2D eigenvalue weighted by molar-refractivity contribution is -0.136. The van der Waals surface area contributed by atoms with Gasteiger partial charge >= 0.3 is 0 Å². The third-order valence-corrected chi connectivity index (χ3v) is 5.52. The average molecular weight is 346 g/mol. The van der Waals surface area contributed by atoms with Crippen molar-refractivity contribution in [3.05, 3.63) is 11.7 Å². The van der Waals surface area contributed by atoms with E-state index < -0.39 is 0 Å². The molecule has 1 aromatic heterocycles. The molecule has 1 saturated carbocycles. The van der Waals surface area contributed by atoms with Gasteiger partial charge in [0.2, 0.25) is 17.7 Å². The van der Waals surface area contributed by atoms with Crippen LogP contribution in [0, 0.1) is 11.8 Å². The summed E-state index contributed by atoms with van der Waals surface area (Å²) >= 11 is 0. The van der Waals surface area contributed by atoms with Gasteiger partial charge in [0.05, 0.1) is 12.0 Å². The van der Waals surface area contributed by atoms with E-state index in [0.717, 1.165) is 19.4 Å². The molecule has 0 spiro atoms. The molecule has 4 rings (SSSR count). The summed E-state index contributed by atoms with van der Waals surface area (Å²) in [5.74, 6) is 2.03. The van der Waals surface area contributed by atoms with Crippen LogP contribution >= 0.6 is 0 Å². The molecule has 2 saturated heterocycles. The quantitative estimate of drug-likeness (QED) is 0.816. The minimum absolute atomic E-state index is 0.0741. The van der Waals surface area contributed by atoms with Crippen molar-refractivity contribution in [3.63, 3.8) is 0 Å². The van der Waals surface area contributed by atoms with Crippen LogP contribution in [0.4, 0.5) is 0 Å². The SMILES string of the molecule is CC(C)c1nc([C@H]2CCCN2C(=O)[C@@H]2CC(=O)N(CC3CC3)C2)no1. The number of nitrogens with zero attached hydrogens (tertiary/aromatic N) is 4. The minimum Gasteiger partial charge on any atom is -0.342 e. The van der Waals surface area contributed by atoms with Gasteiger partial charge in [-0.25, -0.2) is 0 Å². The molecule has 1 aromatic rings. The lowest BCUT2D eigenvalue weighted by Gasteiger charge is -2.25. The minimum atomic E-state index is -0.219. The summed E-state index contributed by atoms with van der Waals surface area (Å²) < 4.78 is 5.32. The zero-order valence-corrected chi connectivity index (χ0v) is 15.0. The Morgan fingerprint density at radius 3 is 2.80 bits per heavy atom. The number of likely N-dealkylation sites (tertiary alicyclic amines) is 2. The highest BCUT2D eigenvalue weighted by Gasteiger charge is 2.42. The molecule has 25 heavy (non-hydrogen) atoms. The second-order valence-electron chi connectivity index (χ2n) is 7.98. The Labute approximate surface area is 147 Å². The fourth-order valence-electron chi connectivity index (χ4n) is 3.88. The topological polar surface area (TPSA) is 79.5 Å². The largest absolute Gasteiger partial charge is 0.342 e. The van der Waals surface area contributed by atoms with Crippen LogP contribution in [0.25, 0.3) is 0 Å². The van der Waals surface area contributed by atoms with E-state index in [1.807, 2.05) is 23.6 Å². The zero-order valence-electron chi connectivity index (χ0n) is 15.0. The predicted octanol–water partition coefficient (Wildman–Crippen LogP) is 2.12. The summed E-state index contributed by atoms with van der Waals surface area (Å²) in [6.45, 7) is 6.12. The molecular weight excluding hydrogens is 320 g/mol. The van der Waals surface area contributed by atoms with Gasteiger partial charge in [0, 0.05) is 32.0 Å². The van der Waals surface area contributed by atoms with Crippen LogP contribution in [0.2, 0.25) is 0 Å². The molecule has 2 aliphatic heterocycles. The summed E-state index contributed by atoms with van der Waals surface area (Å²) in [4.78, 5) is 33.5. The second-order valence-corrected chi connectivity index (χ2v) is 7.98. The maximum absolute atomic E-state index is 13.0. The summed E-state index contributed by atoms with van der Waals surface area (Å²) in [7, 11) is 0. The number of hydrogen-bond acceptors (Lipinski definition) is 5. The Balaban J connectivity index is 1.44. The van der Waals surface area contributed by atoms with E-state index in [-0.39, 0.29) is 29.7 Å². The predicted molar refractivity (Wildman–Crippen MR) is 89.5 cm³/mol. The van der Waals surface area contributed by atoms with Crippen molar-refractivity contribution in [1.29, 1.82) is 0 Å². The molecule has 3 heterocycles. The highest BCUT2D eigenvalue weighted by molar-refractivity contribution is 5.89. The fraction of sp³-hybridized carbons (Fsp3) is 0.778. The van der Waals surface area contributed by atoms with E-state index >= 15 is 0 Å². The summed E-state index contributed by atoms with van der Waals surface area (Å²) in [5.41, 5.74) is 0. The Kier molecular flexibility index (Phi) is 4.25. The second kappa shape index (κ2) is 6.42. The van der Waals surface area contributed by atoms with E-state index in [1.165, 1.54) is 12.8 Å². The van der Waals surface area contributed by atoms with Gasteiger partial charge in [-0.3, -0.25) is 9.59 Å². The molecule has 0 radical (unpaired) electrons. The Hall–Kier alpha value is -1.92. The standard InChI is InChI=1S/C18H26N4O3/c1-11(2)17-19-16(20-25-17)14-4-3-7-22(14)18(24)13-8-15(23)21(10-13)9-12-5-6-12/h11-14H,3-10H2,1-2H3/t13-,14-/m1/s1. The first-order valence-electron chi connectivity index (χ1n) is 9.44. The molecule has 0 unspecified atom stereocenters. The number of aromatic nitrogens is 2. The van der Waals surface area contributed by atoms with Crippen molar-refractivity contribution < 1.29 is 14.1 Å². The normalized spacial score (nSPS) is 26.9. The number of carbonyl (C=O) groups is 2.